The highest BCUT2D eigenvalue weighted by Gasteiger charge is 2.08. The first kappa shape index (κ1) is 18.1. The minimum atomic E-state index is -0.367. The molecule has 0 unspecified atom stereocenters. The van der Waals surface area contributed by atoms with Crippen molar-refractivity contribution in [1.82, 2.24) is 4.98 Å². The van der Waals surface area contributed by atoms with E-state index in [1.807, 2.05) is 6.07 Å². The number of carbonyl (C=O) groups excluding carboxylic acids is 1. The molecule has 1 aromatic heterocycles. The van der Waals surface area contributed by atoms with Crippen molar-refractivity contribution in [2.24, 2.45) is 0 Å². The largest absolute Gasteiger partial charge is 0.370 e. The van der Waals surface area contributed by atoms with Gasteiger partial charge < -0.3 is 10.6 Å². The molecular formula is C21H24FN3O. The van der Waals surface area contributed by atoms with Crippen LogP contribution in [0.5, 0.6) is 0 Å². The van der Waals surface area contributed by atoms with Gasteiger partial charge in [0.1, 0.15) is 11.6 Å². The molecule has 26 heavy (non-hydrogen) atoms. The minimum absolute atomic E-state index is 0.00177. The lowest BCUT2D eigenvalue weighted by atomic mass is 9.97. The lowest BCUT2D eigenvalue weighted by molar-refractivity contribution is -0.115. The second-order valence-corrected chi connectivity index (χ2v) is 6.53. The van der Waals surface area contributed by atoms with Crippen LogP contribution in [0.3, 0.4) is 0 Å². The number of hydrogen-bond donors (Lipinski definition) is 2. The third kappa shape index (κ3) is 5.41. The molecule has 0 spiro atoms. The number of nitrogens with one attached hydrogen (secondary N) is 2. The Morgan fingerprint density at radius 3 is 2.77 bits per heavy atom. The molecule has 1 aliphatic rings. The van der Waals surface area contributed by atoms with Crippen LogP contribution in [-0.2, 0) is 11.2 Å². The summed E-state index contributed by atoms with van der Waals surface area (Å²) in [5.41, 5.74) is 2.51. The van der Waals surface area contributed by atoms with E-state index < -0.39 is 0 Å². The van der Waals surface area contributed by atoms with Crippen molar-refractivity contribution in [1.29, 1.82) is 0 Å². The van der Waals surface area contributed by atoms with Crippen molar-refractivity contribution < 1.29 is 9.18 Å². The summed E-state index contributed by atoms with van der Waals surface area (Å²) in [7, 11) is 0. The molecule has 0 aliphatic heterocycles. The van der Waals surface area contributed by atoms with Crippen LogP contribution in [0, 0.1) is 5.82 Å². The molecule has 0 radical (unpaired) electrons. The number of allylic oxidation sites excluding steroid dienone is 1. The fraction of sp³-hybridized carbons (Fsp3) is 0.333. The maximum atomic E-state index is 13.6. The maximum absolute atomic E-state index is 13.6. The van der Waals surface area contributed by atoms with Gasteiger partial charge in [-0.3, -0.25) is 4.79 Å². The highest BCUT2D eigenvalue weighted by atomic mass is 19.1. The summed E-state index contributed by atoms with van der Waals surface area (Å²) in [5, 5.41) is 6.05. The lowest BCUT2D eigenvalue weighted by Gasteiger charge is -2.13. The van der Waals surface area contributed by atoms with Crippen LogP contribution in [0.4, 0.5) is 15.9 Å². The average molecular weight is 353 g/mol. The van der Waals surface area contributed by atoms with E-state index in [1.165, 1.54) is 37.3 Å². The van der Waals surface area contributed by atoms with Gasteiger partial charge in [-0.05, 0) is 55.9 Å². The minimum Gasteiger partial charge on any atom is -0.370 e. The van der Waals surface area contributed by atoms with Crippen molar-refractivity contribution in [3.05, 3.63) is 65.6 Å². The van der Waals surface area contributed by atoms with E-state index in [4.69, 9.17) is 0 Å². The Bertz CT molecular complexity index is 771. The molecule has 2 N–H and O–H groups in total. The average Bonchev–Trinajstić information content (AvgIpc) is 2.66. The van der Waals surface area contributed by atoms with E-state index >= 15 is 0 Å². The van der Waals surface area contributed by atoms with E-state index in [-0.39, 0.29) is 18.1 Å². The van der Waals surface area contributed by atoms with Crippen LogP contribution in [0.1, 0.15) is 37.7 Å². The normalized spacial score (nSPS) is 13.8. The van der Waals surface area contributed by atoms with E-state index in [0.717, 1.165) is 18.8 Å². The number of amides is 1. The Labute approximate surface area is 153 Å². The number of rotatable bonds is 7. The smallest absolute Gasteiger partial charge is 0.228 e. The first-order chi connectivity index (χ1) is 12.7. The Morgan fingerprint density at radius 2 is 2.04 bits per heavy atom. The quantitative estimate of drug-likeness (QED) is 0.709. The van der Waals surface area contributed by atoms with Crippen molar-refractivity contribution in [2.75, 3.05) is 17.2 Å². The summed E-state index contributed by atoms with van der Waals surface area (Å²) in [6.07, 6.45) is 10.0. The van der Waals surface area contributed by atoms with Gasteiger partial charge in [0.25, 0.3) is 0 Å². The number of halogens is 1. The number of benzene rings is 1. The third-order valence-electron chi connectivity index (χ3n) is 4.49. The predicted octanol–water partition coefficient (Wildman–Crippen LogP) is 4.70. The van der Waals surface area contributed by atoms with E-state index in [0.29, 0.717) is 11.3 Å². The predicted molar refractivity (Wildman–Crippen MR) is 103 cm³/mol. The van der Waals surface area contributed by atoms with Gasteiger partial charge in [0.2, 0.25) is 5.91 Å². The molecular weight excluding hydrogens is 329 g/mol. The Morgan fingerprint density at radius 1 is 1.15 bits per heavy atom. The Hall–Kier alpha value is -2.69. The summed E-state index contributed by atoms with van der Waals surface area (Å²) in [5.74, 6) is 0.156. The summed E-state index contributed by atoms with van der Waals surface area (Å²) in [6, 6.07) is 9.94. The van der Waals surface area contributed by atoms with Crippen molar-refractivity contribution in [3.63, 3.8) is 0 Å². The molecule has 5 heteroatoms. The van der Waals surface area contributed by atoms with E-state index in [9.17, 15) is 9.18 Å². The standard InChI is InChI=1S/C21H24FN3O/c22-19-9-5-4-8-17(19)14-21(26)25-18-10-11-20(24-15-18)23-13-12-16-6-2-1-3-7-16/h4-6,8-11,15H,1-3,7,12-14H2,(H,23,24)(H,25,26). The Kier molecular flexibility index (Phi) is 6.36. The van der Waals surface area contributed by atoms with Crippen LogP contribution >= 0.6 is 0 Å². The molecule has 0 saturated heterocycles. The van der Waals surface area contributed by atoms with Gasteiger partial charge in [-0.2, -0.15) is 0 Å². The molecule has 3 rings (SSSR count). The van der Waals surface area contributed by atoms with Crippen LogP contribution in [0.2, 0.25) is 0 Å². The number of nitrogens with zero attached hydrogens (tertiary/aromatic N) is 1. The van der Waals surface area contributed by atoms with Gasteiger partial charge >= 0.3 is 0 Å². The van der Waals surface area contributed by atoms with Crippen molar-refractivity contribution >= 4 is 17.4 Å². The highest BCUT2D eigenvalue weighted by Crippen LogP contribution is 2.20. The Balaban J connectivity index is 1.45. The molecule has 2 aromatic rings. The zero-order chi connectivity index (χ0) is 18.2. The van der Waals surface area contributed by atoms with Crippen LogP contribution in [-0.4, -0.2) is 17.4 Å². The van der Waals surface area contributed by atoms with Crippen LogP contribution in [0.15, 0.2) is 54.2 Å². The number of hydrogen-bond acceptors (Lipinski definition) is 3. The van der Waals surface area contributed by atoms with Gasteiger partial charge in [0.15, 0.2) is 0 Å². The molecule has 0 saturated carbocycles. The molecule has 0 atom stereocenters. The molecule has 1 amide bonds. The van der Waals surface area contributed by atoms with E-state index in [1.54, 1.807) is 30.5 Å². The van der Waals surface area contributed by atoms with Gasteiger partial charge in [-0.25, -0.2) is 9.37 Å². The lowest BCUT2D eigenvalue weighted by Crippen LogP contribution is -2.15. The fourth-order valence-electron chi connectivity index (χ4n) is 3.08. The topological polar surface area (TPSA) is 54.0 Å². The van der Waals surface area contributed by atoms with Crippen LogP contribution < -0.4 is 10.6 Å². The first-order valence-corrected chi connectivity index (χ1v) is 9.12. The second-order valence-electron chi connectivity index (χ2n) is 6.53. The van der Waals surface area contributed by atoms with Gasteiger partial charge in [-0.15, -0.1) is 0 Å². The zero-order valence-electron chi connectivity index (χ0n) is 14.8. The SMILES string of the molecule is O=C(Cc1ccccc1F)Nc1ccc(NCCC2=CCCCC2)nc1. The van der Waals surface area contributed by atoms with Gasteiger partial charge in [0, 0.05) is 6.54 Å². The molecule has 1 heterocycles. The maximum Gasteiger partial charge on any atom is 0.228 e. The van der Waals surface area contributed by atoms with Crippen molar-refractivity contribution in [3.8, 4) is 0 Å². The van der Waals surface area contributed by atoms with Gasteiger partial charge in [0.05, 0.1) is 18.3 Å². The number of pyridine rings is 1. The number of anilines is 2. The summed E-state index contributed by atoms with van der Waals surface area (Å²) < 4.78 is 13.6. The number of aromatic nitrogens is 1. The molecule has 1 aromatic carbocycles. The molecule has 136 valence electrons. The fourth-order valence-corrected chi connectivity index (χ4v) is 3.08. The highest BCUT2D eigenvalue weighted by molar-refractivity contribution is 5.92. The second kappa shape index (κ2) is 9.13. The molecule has 0 fully saturated rings. The van der Waals surface area contributed by atoms with Crippen LogP contribution in [0.25, 0.3) is 0 Å². The summed E-state index contributed by atoms with van der Waals surface area (Å²) in [4.78, 5) is 16.4. The van der Waals surface area contributed by atoms with Crippen molar-refractivity contribution in [2.45, 2.75) is 38.5 Å². The van der Waals surface area contributed by atoms with E-state index in [2.05, 4.69) is 21.7 Å². The zero-order valence-corrected chi connectivity index (χ0v) is 14.8. The molecule has 1 aliphatic carbocycles. The summed E-state index contributed by atoms with van der Waals surface area (Å²) >= 11 is 0. The molecule has 4 nitrogen and oxygen atoms in total. The van der Waals surface area contributed by atoms with Gasteiger partial charge in [-0.1, -0.05) is 29.8 Å². The first-order valence-electron chi connectivity index (χ1n) is 9.12. The number of carbonyl (C=O) groups is 1. The molecule has 0 bridgehead atoms. The monoisotopic (exact) mass is 353 g/mol. The third-order valence-corrected chi connectivity index (χ3v) is 4.49. The summed E-state index contributed by atoms with van der Waals surface area (Å²) in [6.45, 7) is 0.859.